The molecule has 3 rings (SSSR count). The van der Waals surface area contributed by atoms with Gasteiger partial charge in [0.05, 0.1) is 16.5 Å². The van der Waals surface area contributed by atoms with Crippen molar-refractivity contribution < 1.29 is 4.79 Å². The molecule has 0 spiro atoms. The summed E-state index contributed by atoms with van der Waals surface area (Å²) < 4.78 is 0.694. The van der Waals surface area contributed by atoms with E-state index in [2.05, 4.69) is 42.3 Å². The second-order valence-electron chi connectivity index (χ2n) is 5.27. The van der Waals surface area contributed by atoms with Crippen molar-refractivity contribution in [1.82, 2.24) is 4.98 Å². The Bertz CT molecular complexity index is 854. The summed E-state index contributed by atoms with van der Waals surface area (Å²) in [5, 5.41) is 5.42. The van der Waals surface area contributed by atoms with Crippen molar-refractivity contribution in [2.24, 2.45) is 0 Å². The number of nitrogens with zero attached hydrogens (tertiary/aromatic N) is 1. The zero-order chi connectivity index (χ0) is 16.4. The van der Waals surface area contributed by atoms with Gasteiger partial charge in [-0.3, -0.25) is 4.79 Å². The first-order chi connectivity index (χ1) is 11.0. The summed E-state index contributed by atoms with van der Waals surface area (Å²) in [6.45, 7) is 4.17. The molecule has 118 valence electrons. The molecule has 1 amide bonds. The molecule has 0 bridgehead atoms. The molecule has 1 N–H and O–H groups in total. The quantitative estimate of drug-likeness (QED) is 0.682. The van der Waals surface area contributed by atoms with Crippen molar-refractivity contribution in [2.45, 2.75) is 20.3 Å². The summed E-state index contributed by atoms with van der Waals surface area (Å²) in [5.41, 5.74) is 4.44. The average Bonchev–Trinajstić information content (AvgIpc) is 3.11. The molecule has 23 heavy (non-hydrogen) atoms. The van der Waals surface area contributed by atoms with E-state index in [4.69, 9.17) is 11.6 Å². The molecule has 0 radical (unpaired) electrons. The zero-order valence-corrected chi connectivity index (χ0v) is 15.1. The fourth-order valence-electron chi connectivity index (χ4n) is 2.13. The van der Waals surface area contributed by atoms with E-state index in [1.807, 2.05) is 11.4 Å². The number of hydrogen-bond donors (Lipinski definition) is 1. The molecular weight excluding hydrogens is 348 g/mol. The first-order valence-electron chi connectivity index (χ1n) is 7.08. The van der Waals surface area contributed by atoms with Gasteiger partial charge in [-0.1, -0.05) is 23.7 Å². The molecule has 0 aliphatic rings. The lowest BCUT2D eigenvalue weighted by atomic mass is 10.1. The van der Waals surface area contributed by atoms with Crippen LogP contribution in [0.2, 0.25) is 4.34 Å². The molecule has 0 saturated carbocycles. The Morgan fingerprint density at radius 1 is 1.22 bits per heavy atom. The number of hydrogen-bond acceptors (Lipinski definition) is 4. The van der Waals surface area contributed by atoms with Gasteiger partial charge in [0.1, 0.15) is 0 Å². The van der Waals surface area contributed by atoms with Crippen molar-refractivity contribution in [3.05, 3.63) is 56.1 Å². The maximum Gasteiger partial charge on any atom is 0.231 e. The van der Waals surface area contributed by atoms with Crippen LogP contribution in [0.5, 0.6) is 0 Å². The second-order valence-corrected chi connectivity index (χ2v) is 7.93. The van der Waals surface area contributed by atoms with Crippen LogP contribution < -0.4 is 5.32 Å². The summed E-state index contributed by atoms with van der Waals surface area (Å²) >= 11 is 8.73. The van der Waals surface area contributed by atoms with Crippen molar-refractivity contribution in [3.8, 4) is 11.3 Å². The monoisotopic (exact) mass is 362 g/mol. The van der Waals surface area contributed by atoms with E-state index in [1.54, 1.807) is 6.07 Å². The molecular formula is C17H15ClN2OS2. The lowest BCUT2D eigenvalue weighted by Gasteiger charge is -2.02. The topological polar surface area (TPSA) is 42.0 Å². The molecule has 0 aliphatic carbocycles. The van der Waals surface area contributed by atoms with Crippen molar-refractivity contribution >= 4 is 45.3 Å². The van der Waals surface area contributed by atoms with Crippen molar-refractivity contribution in [1.29, 1.82) is 0 Å². The number of aromatic nitrogens is 1. The normalized spacial score (nSPS) is 10.7. The van der Waals surface area contributed by atoms with Crippen LogP contribution in [0, 0.1) is 13.8 Å². The van der Waals surface area contributed by atoms with Crippen LogP contribution in [0.4, 0.5) is 5.13 Å². The van der Waals surface area contributed by atoms with Gasteiger partial charge in [-0.25, -0.2) is 4.98 Å². The number of amides is 1. The number of thiazole rings is 1. The Morgan fingerprint density at radius 3 is 2.74 bits per heavy atom. The van der Waals surface area contributed by atoms with Crippen LogP contribution in [0.1, 0.15) is 16.0 Å². The van der Waals surface area contributed by atoms with Crippen LogP contribution in [-0.2, 0) is 11.2 Å². The summed E-state index contributed by atoms with van der Waals surface area (Å²) in [5.74, 6) is -0.0792. The van der Waals surface area contributed by atoms with Gasteiger partial charge in [0.25, 0.3) is 0 Å². The van der Waals surface area contributed by atoms with Gasteiger partial charge in [-0.15, -0.1) is 22.7 Å². The highest BCUT2D eigenvalue weighted by Crippen LogP contribution is 2.27. The largest absolute Gasteiger partial charge is 0.302 e. The molecule has 3 aromatic rings. The minimum atomic E-state index is -0.0792. The van der Waals surface area contributed by atoms with E-state index in [0.29, 0.717) is 15.9 Å². The Balaban J connectivity index is 1.69. The van der Waals surface area contributed by atoms with E-state index in [1.165, 1.54) is 33.8 Å². The molecule has 0 atom stereocenters. The smallest absolute Gasteiger partial charge is 0.231 e. The van der Waals surface area contributed by atoms with E-state index in [9.17, 15) is 4.79 Å². The van der Waals surface area contributed by atoms with Crippen LogP contribution in [0.15, 0.2) is 35.7 Å². The zero-order valence-electron chi connectivity index (χ0n) is 12.7. The van der Waals surface area contributed by atoms with E-state index in [0.717, 1.165) is 16.1 Å². The summed E-state index contributed by atoms with van der Waals surface area (Å²) in [4.78, 5) is 17.5. The SMILES string of the molecule is Cc1ccc(-c2csc(NC(=O)Cc3ccc(Cl)s3)n2)cc1C. The predicted octanol–water partition coefficient (Wildman–Crippen LogP) is 5.32. The summed E-state index contributed by atoms with van der Waals surface area (Å²) in [6, 6.07) is 9.92. The first-order valence-corrected chi connectivity index (χ1v) is 9.16. The number of thiophene rings is 1. The highest BCUT2D eigenvalue weighted by Gasteiger charge is 2.10. The van der Waals surface area contributed by atoms with Crippen LogP contribution in [0.3, 0.4) is 0 Å². The Hall–Kier alpha value is -1.69. The number of rotatable bonds is 4. The Morgan fingerprint density at radius 2 is 2.04 bits per heavy atom. The lowest BCUT2D eigenvalue weighted by molar-refractivity contribution is -0.115. The number of aryl methyl sites for hydroxylation is 2. The minimum Gasteiger partial charge on any atom is -0.302 e. The number of carbonyl (C=O) groups excluding carboxylic acids is 1. The highest BCUT2D eigenvalue weighted by molar-refractivity contribution is 7.16. The predicted molar refractivity (Wildman–Crippen MR) is 98.7 cm³/mol. The van der Waals surface area contributed by atoms with Gasteiger partial charge in [0, 0.05) is 15.8 Å². The first kappa shape index (κ1) is 16.2. The van der Waals surface area contributed by atoms with Crippen LogP contribution >= 0.6 is 34.3 Å². The minimum absolute atomic E-state index is 0.0792. The van der Waals surface area contributed by atoms with Gasteiger partial charge >= 0.3 is 0 Å². The number of nitrogens with one attached hydrogen (secondary N) is 1. The van der Waals surface area contributed by atoms with E-state index in [-0.39, 0.29) is 5.91 Å². The summed E-state index contributed by atoms with van der Waals surface area (Å²) in [7, 11) is 0. The Kier molecular flexibility index (Phi) is 4.80. The second kappa shape index (κ2) is 6.83. The molecule has 2 aromatic heterocycles. The third-order valence-corrected chi connectivity index (χ3v) is 5.51. The van der Waals surface area contributed by atoms with Crippen molar-refractivity contribution in [2.75, 3.05) is 5.32 Å². The van der Waals surface area contributed by atoms with Crippen molar-refractivity contribution in [3.63, 3.8) is 0 Å². The standard InChI is InChI=1S/C17H15ClN2OS2/c1-10-3-4-12(7-11(10)2)14-9-22-17(19-14)20-16(21)8-13-5-6-15(18)23-13/h3-7,9H,8H2,1-2H3,(H,19,20,21). The third kappa shape index (κ3) is 3.99. The number of benzene rings is 1. The van der Waals surface area contributed by atoms with Gasteiger partial charge < -0.3 is 5.32 Å². The molecule has 0 unspecified atom stereocenters. The highest BCUT2D eigenvalue weighted by atomic mass is 35.5. The van der Waals surface area contributed by atoms with Gasteiger partial charge in [0.2, 0.25) is 5.91 Å². The number of carbonyl (C=O) groups is 1. The lowest BCUT2D eigenvalue weighted by Crippen LogP contribution is -2.13. The molecule has 0 aliphatic heterocycles. The van der Waals surface area contributed by atoms with E-state index >= 15 is 0 Å². The number of anilines is 1. The fraction of sp³-hybridized carbons (Fsp3) is 0.176. The van der Waals surface area contributed by atoms with E-state index < -0.39 is 0 Å². The molecule has 0 saturated heterocycles. The fourth-order valence-corrected chi connectivity index (χ4v) is 3.95. The maximum absolute atomic E-state index is 12.1. The number of halogens is 1. The molecule has 3 nitrogen and oxygen atoms in total. The van der Waals surface area contributed by atoms with Crippen LogP contribution in [-0.4, -0.2) is 10.9 Å². The molecule has 2 heterocycles. The van der Waals surface area contributed by atoms with Gasteiger partial charge in [-0.05, 0) is 43.2 Å². The molecule has 1 aromatic carbocycles. The Labute approximate surface area is 148 Å². The molecule has 0 fully saturated rings. The van der Waals surface area contributed by atoms with Gasteiger partial charge in [0.15, 0.2) is 5.13 Å². The third-order valence-electron chi connectivity index (χ3n) is 3.52. The molecule has 6 heteroatoms. The average molecular weight is 363 g/mol. The maximum atomic E-state index is 12.1. The summed E-state index contributed by atoms with van der Waals surface area (Å²) in [6.07, 6.45) is 0.315. The van der Waals surface area contributed by atoms with Gasteiger partial charge in [-0.2, -0.15) is 0 Å². The van der Waals surface area contributed by atoms with Crippen LogP contribution in [0.25, 0.3) is 11.3 Å².